The zero-order valence-electron chi connectivity index (χ0n) is 10.6. The molecule has 0 spiro atoms. The van der Waals surface area contributed by atoms with E-state index in [9.17, 15) is 9.18 Å². The number of amides is 1. The van der Waals surface area contributed by atoms with E-state index in [2.05, 4.69) is 17.2 Å². The molecule has 0 radical (unpaired) electrons. The molecule has 0 unspecified atom stereocenters. The molecule has 1 amide bonds. The molecule has 1 fully saturated rings. The van der Waals surface area contributed by atoms with E-state index in [1.807, 2.05) is 0 Å². The van der Waals surface area contributed by atoms with Crippen molar-refractivity contribution in [2.75, 3.05) is 13.2 Å². The Morgan fingerprint density at radius 3 is 2.84 bits per heavy atom. The first-order valence-electron chi connectivity index (χ1n) is 6.38. The number of hydrogen-bond donors (Lipinski definition) is 2. The summed E-state index contributed by atoms with van der Waals surface area (Å²) in [6, 6.07) is 4.17. The van der Waals surface area contributed by atoms with Gasteiger partial charge in [0.2, 0.25) is 0 Å². The molecule has 100 valence electrons. The lowest BCUT2D eigenvalue weighted by Gasteiger charge is -2.25. The maximum atomic E-state index is 13.6. The number of aliphatic hydroxyl groups is 1. The molecule has 1 saturated carbocycles. The standard InChI is InChI=1S/C15H16FNO2/c16-14-9-13(7-6-12(14)5-2-8-18)15(19)17-10-11-3-1-4-11/h6-7,9,11,18H,1,3-4,8,10H2,(H,17,19). The van der Waals surface area contributed by atoms with Crippen LogP contribution in [0, 0.1) is 23.6 Å². The number of halogens is 1. The molecule has 1 aliphatic carbocycles. The maximum Gasteiger partial charge on any atom is 0.251 e. The highest BCUT2D eigenvalue weighted by Gasteiger charge is 2.18. The van der Waals surface area contributed by atoms with Gasteiger partial charge in [-0.15, -0.1) is 0 Å². The molecular weight excluding hydrogens is 245 g/mol. The van der Waals surface area contributed by atoms with Crippen molar-refractivity contribution < 1.29 is 14.3 Å². The third-order valence-electron chi connectivity index (χ3n) is 3.31. The summed E-state index contributed by atoms with van der Waals surface area (Å²) >= 11 is 0. The highest BCUT2D eigenvalue weighted by molar-refractivity contribution is 5.94. The lowest BCUT2D eigenvalue weighted by molar-refractivity contribution is 0.0938. The van der Waals surface area contributed by atoms with Gasteiger partial charge in [-0.3, -0.25) is 4.79 Å². The van der Waals surface area contributed by atoms with Gasteiger partial charge in [0.1, 0.15) is 12.4 Å². The minimum absolute atomic E-state index is 0.185. The van der Waals surface area contributed by atoms with Crippen LogP contribution in [0.2, 0.25) is 0 Å². The van der Waals surface area contributed by atoms with E-state index in [0.29, 0.717) is 18.0 Å². The monoisotopic (exact) mass is 261 g/mol. The predicted octanol–water partition coefficient (Wildman–Crippen LogP) is 1.70. The molecule has 4 heteroatoms. The van der Waals surface area contributed by atoms with Crippen molar-refractivity contribution in [1.82, 2.24) is 5.32 Å². The molecule has 0 saturated heterocycles. The Labute approximate surface area is 111 Å². The topological polar surface area (TPSA) is 49.3 Å². The Morgan fingerprint density at radius 2 is 2.26 bits per heavy atom. The van der Waals surface area contributed by atoms with E-state index in [4.69, 9.17) is 5.11 Å². The largest absolute Gasteiger partial charge is 0.384 e. The van der Waals surface area contributed by atoms with Gasteiger partial charge >= 0.3 is 0 Å². The normalized spacial score (nSPS) is 14.2. The zero-order valence-corrected chi connectivity index (χ0v) is 10.6. The van der Waals surface area contributed by atoms with Crippen LogP contribution in [-0.4, -0.2) is 24.2 Å². The van der Waals surface area contributed by atoms with Crippen LogP contribution in [0.25, 0.3) is 0 Å². The SMILES string of the molecule is O=C(NCC1CCC1)c1ccc(C#CCO)c(F)c1. The Morgan fingerprint density at radius 1 is 1.47 bits per heavy atom. The quantitative estimate of drug-likeness (QED) is 0.814. The van der Waals surface area contributed by atoms with Crippen molar-refractivity contribution in [2.24, 2.45) is 5.92 Å². The Balaban J connectivity index is 1.99. The van der Waals surface area contributed by atoms with Crippen molar-refractivity contribution in [1.29, 1.82) is 0 Å². The molecule has 1 aromatic carbocycles. The fourth-order valence-electron chi connectivity index (χ4n) is 1.93. The van der Waals surface area contributed by atoms with Crippen molar-refractivity contribution in [2.45, 2.75) is 19.3 Å². The summed E-state index contributed by atoms with van der Waals surface area (Å²) in [4.78, 5) is 11.8. The smallest absolute Gasteiger partial charge is 0.251 e. The molecule has 1 aliphatic rings. The molecule has 2 N–H and O–H groups in total. The minimum Gasteiger partial charge on any atom is -0.384 e. The number of nitrogens with one attached hydrogen (secondary N) is 1. The van der Waals surface area contributed by atoms with Crippen LogP contribution in [0.1, 0.15) is 35.2 Å². The molecular formula is C15H16FNO2. The van der Waals surface area contributed by atoms with Gasteiger partial charge in [0, 0.05) is 12.1 Å². The van der Waals surface area contributed by atoms with Crippen molar-refractivity contribution in [3.63, 3.8) is 0 Å². The highest BCUT2D eigenvalue weighted by atomic mass is 19.1. The summed E-state index contributed by atoms with van der Waals surface area (Å²) in [5, 5.41) is 11.4. The van der Waals surface area contributed by atoms with Gasteiger partial charge in [0.25, 0.3) is 5.91 Å². The number of benzene rings is 1. The number of hydrogen-bond acceptors (Lipinski definition) is 2. The summed E-state index contributed by atoms with van der Waals surface area (Å²) < 4.78 is 13.6. The Kier molecular flexibility index (Phi) is 4.53. The first kappa shape index (κ1) is 13.6. The molecule has 19 heavy (non-hydrogen) atoms. The number of carbonyl (C=O) groups excluding carboxylic acids is 1. The number of aliphatic hydroxyl groups excluding tert-OH is 1. The minimum atomic E-state index is -0.544. The average Bonchev–Trinajstić information content (AvgIpc) is 2.35. The summed E-state index contributed by atoms with van der Waals surface area (Å²) in [7, 11) is 0. The van der Waals surface area contributed by atoms with Crippen LogP contribution < -0.4 is 5.32 Å². The Bertz CT molecular complexity index is 527. The maximum absolute atomic E-state index is 13.6. The van der Waals surface area contributed by atoms with Gasteiger partial charge in [0.15, 0.2) is 0 Å². The van der Waals surface area contributed by atoms with E-state index in [1.54, 1.807) is 6.07 Å². The summed E-state index contributed by atoms with van der Waals surface area (Å²) in [6.45, 7) is 0.343. The van der Waals surface area contributed by atoms with Crippen LogP contribution in [0.15, 0.2) is 18.2 Å². The number of rotatable bonds is 3. The third-order valence-corrected chi connectivity index (χ3v) is 3.31. The van der Waals surface area contributed by atoms with Gasteiger partial charge in [-0.25, -0.2) is 4.39 Å². The van der Waals surface area contributed by atoms with Gasteiger partial charge < -0.3 is 10.4 Å². The van der Waals surface area contributed by atoms with Crippen LogP contribution in [0.3, 0.4) is 0 Å². The van der Waals surface area contributed by atoms with Gasteiger partial charge in [-0.1, -0.05) is 18.3 Å². The summed E-state index contributed by atoms with van der Waals surface area (Å²) in [5.74, 6) is 4.64. The molecule has 0 heterocycles. The van der Waals surface area contributed by atoms with Crippen molar-refractivity contribution in [3.05, 3.63) is 35.1 Å². The van der Waals surface area contributed by atoms with E-state index < -0.39 is 5.82 Å². The fourth-order valence-corrected chi connectivity index (χ4v) is 1.93. The lowest BCUT2D eigenvalue weighted by Crippen LogP contribution is -2.32. The molecule has 3 nitrogen and oxygen atoms in total. The van der Waals surface area contributed by atoms with Crippen molar-refractivity contribution in [3.8, 4) is 11.8 Å². The average molecular weight is 261 g/mol. The van der Waals surface area contributed by atoms with E-state index in [-0.39, 0.29) is 18.1 Å². The van der Waals surface area contributed by atoms with Crippen LogP contribution in [0.4, 0.5) is 4.39 Å². The second-order valence-electron chi connectivity index (χ2n) is 4.66. The molecule has 0 bridgehead atoms. The second kappa shape index (κ2) is 6.35. The highest BCUT2D eigenvalue weighted by Crippen LogP contribution is 2.25. The third kappa shape index (κ3) is 3.55. The fraction of sp³-hybridized carbons (Fsp3) is 0.400. The molecule has 1 aromatic rings. The van der Waals surface area contributed by atoms with E-state index in [1.165, 1.54) is 18.6 Å². The first-order chi connectivity index (χ1) is 9.20. The van der Waals surface area contributed by atoms with Gasteiger partial charge in [-0.2, -0.15) is 0 Å². The van der Waals surface area contributed by atoms with Crippen LogP contribution in [0.5, 0.6) is 0 Å². The molecule has 0 atom stereocenters. The Hall–Kier alpha value is -1.86. The lowest BCUT2D eigenvalue weighted by atomic mass is 9.85. The molecule has 0 aliphatic heterocycles. The molecule has 0 aromatic heterocycles. The summed E-state index contributed by atoms with van der Waals surface area (Å²) in [5.41, 5.74) is 0.482. The van der Waals surface area contributed by atoms with Crippen LogP contribution >= 0.6 is 0 Å². The predicted molar refractivity (Wildman–Crippen MR) is 70.0 cm³/mol. The molecule has 2 rings (SSSR count). The summed E-state index contributed by atoms with van der Waals surface area (Å²) in [6.07, 6.45) is 3.54. The van der Waals surface area contributed by atoms with Gasteiger partial charge in [-0.05, 0) is 37.0 Å². The first-order valence-corrected chi connectivity index (χ1v) is 6.38. The second-order valence-corrected chi connectivity index (χ2v) is 4.66. The zero-order chi connectivity index (χ0) is 13.7. The van der Waals surface area contributed by atoms with E-state index >= 15 is 0 Å². The number of carbonyl (C=O) groups is 1. The van der Waals surface area contributed by atoms with Crippen molar-refractivity contribution >= 4 is 5.91 Å². The van der Waals surface area contributed by atoms with E-state index in [0.717, 1.165) is 12.8 Å². The van der Waals surface area contributed by atoms with Gasteiger partial charge in [0.05, 0.1) is 5.56 Å². The van der Waals surface area contributed by atoms with Crippen LogP contribution in [-0.2, 0) is 0 Å².